The second kappa shape index (κ2) is 11.3. The Morgan fingerprint density at radius 2 is 1.95 bits per heavy atom. The molecule has 0 aliphatic carbocycles. The molecule has 2 aromatic carbocycles. The first kappa shape index (κ1) is 27.2. The molecule has 4 rings (SSSR count). The zero-order valence-electron chi connectivity index (χ0n) is 21.2. The van der Waals surface area contributed by atoms with Crippen molar-refractivity contribution in [1.82, 2.24) is 19.4 Å². The predicted molar refractivity (Wildman–Crippen MR) is 146 cm³/mol. The van der Waals surface area contributed by atoms with E-state index in [1.807, 2.05) is 55.0 Å². The number of nitrogens with one attached hydrogen (secondary N) is 1. The summed E-state index contributed by atoms with van der Waals surface area (Å²) in [5, 5.41) is 15.7. The van der Waals surface area contributed by atoms with E-state index >= 15 is 0 Å². The van der Waals surface area contributed by atoms with Crippen LogP contribution < -0.4 is 15.0 Å². The van der Waals surface area contributed by atoms with Gasteiger partial charge in [-0.15, -0.1) is 0 Å². The van der Waals surface area contributed by atoms with E-state index in [2.05, 4.69) is 31.2 Å². The number of likely N-dealkylation sites (N-methyl/N-ethyl adjacent to an activating group) is 2. The van der Waals surface area contributed by atoms with Crippen LogP contribution in [-0.2, 0) is 7.05 Å². The maximum atomic E-state index is 13.3. The molecule has 38 heavy (non-hydrogen) atoms. The van der Waals surface area contributed by atoms with Gasteiger partial charge in [0.05, 0.1) is 16.3 Å². The first-order chi connectivity index (χ1) is 18.0. The summed E-state index contributed by atoms with van der Waals surface area (Å²) in [6.07, 6.45) is 3.45. The summed E-state index contributed by atoms with van der Waals surface area (Å²) >= 11 is 3.48. The molecule has 0 aliphatic heterocycles. The number of anilines is 3. The number of hydrogen-bond acceptors (Lipinski definition) is 8. The number of rotatable bonds is 10. The van der Waals surface area contributed by atoms with Gasteiger partial charge in [0.2, 0.25) is 5.95 Å². The standard InChI is InChI=1S/C25H26BrF2N7O3/c1-32(2)9-10-33(3)21-13-23(38-24(27)28)19(12-22(21)35(36)37)31-25-29-8-7-18(30-25)17-14-34(4)20-11-15(26)5-6-16(17)20/h5-8,11-14,24H,9-10H2,1-4H3,(H,29,30,31). The van der Waals surface area contributed by atoms with Gasteiger partial charge in [-0.2, -0.15) is 8.78 Å². The van der Waals surface area contributed by atoms with Crippen LogP contribution in [0, 0.1) is 10.1 Å². The number of nitro groups is 1. The van der Waals surface area contributed by atoms with Gasteiger partial charge in [-0.1, -0.05) is 22.0 Å². The van der Waals surface area contributed by atoms with Crippen molar-refractivity contribution in [2.75, 3.05) is 44.4 Å². The van der Waals surface area contributed by atoms with Gasteiger partial charge in [0, 0.05) is 72.7 Å². The molecule has 1 N–H and O–H groups in total. The number of aromatic nitrogens is 3. The van der Waals surface area contributed by atoms with Crippen molar-refractivity contribution >= 4 is 49.8 Å². The number of nitro benzene ring substituents is 1. The Morgan fingerprint density at radius 3 is 2.63 bits per heavy atom. The summed E-state index contributed by atoms with van der Waals surface area (Å²) in [4.78, 5) is 23.6. The molecule has 0 saturated carbocycles. The van der Waals surface area contributed by atoms with E-state index in [1.165, 1.54) is 12.3 Å². The van der Waals surface area contributed by atoms with E-state index in [4.69, 9.17) is 4.74 Å². The van der Waals surface area contributed by atoms with Crippen LogP contribution in [0.25, 0.3) is 22.2 Å². The van der Waals surface area contributed by atoms with Gasteiger partial charge in [0.15, 0.2) is 5.75 Å². The highest BCUT2D eigenvalue weighted by Crippen LogP contribution is 2.40. The van der Waals surface area contributed by atoms with Crippen LogP contribution in [0.15, 0.2) is 53.3 Å². The van der Waals surface area contributed by atoms with Crippen LogP contribution in [0.2, 0.25) is 0 Å². The largest absolute Gasteiger partial charge is 0.433 e. The Kier molecular flexibility index (Phi) is 8.07. The second-order valence-corrected chi connectivity index (χ2v) is 9.82. The van der Waals surface area contributed by atoms with Crippen LogP contribution in [0.5, 0.6) is 5.75 Å². The first-order valence-corrected chi connectivity index (χ1v) is 12.3. The number of hydrogen-bond donors (Lipinski definition) is 1. The highest BCUT2D eigenvalue weighted by Gasteiger charge is 2.24. The van der Waals surface area contributed by atoms with Gasteiger partial charge in [-0.25, -0.2) is 9.97 Å². The quantitative estimate of drug-likeness (QED) is 0.187. The van der Waals surface area contributed by atoms with E-state index in [1.54, 1.807) is 18.0 Å². The zero-order valence-corrected chi connectivity index (χ0v) is 22.7. The van der Waals surface area contributed by atoms with E-state index < -0.39 is 11.5 Å². The highest BCUT2D eigenvalue weighted by atomic mass is 79.9. The maximum Gasteiger partial charge on any atom is 0.387 e. The predicted octanol–water partition coefficient (Wildman–Crippen LogP) is 5.65. The lowest BCUT2D eigenvalue weighted by Crippen LogP contribution is -2.29. The fourth-order valence-electron chi connectivity index (χ4n) is 4.02. The highest BCUT2D eigenvalue weighted by molar-refractivity contribution is 9.10. The van der Waals surface area contributed by atoms with Crippen molar-refractivity contribution in [3.8, 4) is 17.0 Å². The lowest BCUT2D eigenvalue weighted by molar-refractivity contribution is -0.384. The lowest BCUT2D eigenvalue weighted by atomic mass is 10.1. The average molecular weight is 590 g/mol. The lowest BCUT2D eigenvalue weighted by Gasteiger charge is -2.23. The third kappa shape index (κ3) is 6.00. The summed E-state index contributed by atoms with van der Waals surface area (Å²) in [6.45, 7) is -2.11. The molecule has 0 bridgehead atoms. The molecule has 0 saturated heterocycles. The van der Waals surface area contributed by atoms with Crippen molar-refractivity contribution in [1.29, 1.82) is 0 Å². The van der Waals surface area contributed by atoms with Crippen molar-refractivity contribution in [2.45, 2.75) is 6.61 Å². The Hall–Kier alpha value is -3.84. The molecule has 13 heteroatoms. The molecule has 10 nitrogen and oxygen atoms in total. The topological polar surface area (TPSA) is 102 Å². The third-order valence-corrected chi connectivity index (χ3v) is 6.41. The van der Waals surface area contributed by atoms with Crippen molar-refractivity contribution < 1.29 is 18.4 Å². The zero-order chi connectivity index (χ0) is 27.6. The number of benzene rings is 2. The van der Waals surface area contributed by atoms with E-state index in [0.717, 1.165) is 27.0 Å². The minimum Gasteiger partial charge on any atom is -0.433 e. The minimum atomic E-state index is -3.14. The van der Waals surface area contributed by atoms with Gasteiger partial charge in [0.25, 0.3) is 5.69 Å². The smallest absolute Gasteiger partial charge is 0.387 e. The SMILES string of the molecule is CN(C)CCN(C)c1cc(OC(F)F)c(Nc2nccc(-c3cn(C)c4cc(Br)ccc34)n2)cc1[N+](=O)[O-]. The van der Waals surface area contributed by atoms with E-state index in [9.17, 15) is 18.9 Å². The molecule has 0 spiro atoms. The number of fused-ring (bicyclic) bond motifs is 1. The van der Waals surface area contributed by atoms with Gasteiger partial charge in [0.1, 0.15) is 5.69 Å². The Morgan fingerprint density at radius 1 is 1.18 bits per heavy atom. The van der Waals surface area contributed by atoms with Crippen LogP contribution in [0.3, 0.4) is 0 Å². The number of alkyl halides is 2. The fourth-order valence-corrected chi connectivity index (χ4v) is 4.37. The summed E-state index contributed by atoms with van der Waals surface area (Å²) in [6, 6.07) is 10.00. The molecule has 0 atom stereocenters. The normalized spacial score (nSPS) is 11.4. The Balaban J connectivity index is 1.74. The van der Waals surface area contributed by atoms with Crippen molar-refractivity contribution in [2.24, 2.45) is 7.05 Å². The number of nitrogens with zero attached hydrogens (tertiary/aromatic N) is 6. The van der Waals surface area contributed by atoms with Crippen LogP contribution in [0.1, 0.15) is 0 Å². The molecular formula is C25H26BrF2N7O3. The summed E-state index contributed by atoms with van der Waals surface area (Å²) in [5.74, 6) is -0.194. The molecule has 200 valence electrons. The Bertz CT molecular complexity index is 1480. The molecule has 0 amide bonds. The third-order valence-electron chi connectivity index (χ3n) is 5.91. The summed E-state index contributed by atoms with van der Waals surface area (Å²) in [7, 11) is 7.31. The monoisotopic (exact) mass is 589 g/mol. The first-order valence-electron chi connectivity index (χ1n) is 11.5. The molecule has 2 heterocycles. The van der Waals surface area contributed by atoms with Crippen LogP contribution >= 0.6 is 15.9 Å². The second-order valence-electron chi connectivity index (χ2n) is 8.90. The number of ether oxygens (including phenoxy) is 1. The molecule has 2 aromatic heterocycles. The van der Waals surface area contributed by atoms with Crippen LogP contribution in [0.4, 0.5) is 31.8 Å². The number of aryl methyl sites for hydroxylation is 1. The average Bonchev–Trinajstić information content (AvgIpc) is 3.18. The molecule has 4 aromatic rings. The van der Waals surface area contributed by atoms with Crippen molar-refractivity contribution in [3.63, 3.8) is 0 Å². The van der Waals surface area contributed by atoms with Gasteiger partial charge < -0.3 is 24.4 Å². The maximum absolute atomic E-state index is 13.3. The summed E-state index contributed by atoms with van der Waals surface area (Å²) in [5.41, 5.74) is 2.23. The van der Waals surface area contributed by atoms with Gasteiger partial charge >= 0.3 is 6.61 Å². The van der Waals surface area contributed by atoms with E-state index in [-0.39, 0.29) is 28.8 Å². The molecule has 0 unspecified atom stereocenters. The van der Waals surface area contributed by atoms with Gasteiger partial charge in [-0.05, 0) is 32.3 Å². The minimum absolute atomic E-state index is 0.0549. The van der Waals surface area contributed by atoms with E-state index in [0.29, 0.717) is 18.8 Å². The van der Waals surface area contributed by atoms with Crippen molar-refractivity contribution in [3.05, 3.63) is 63.4 Å². The molecule has 0 fully saturated rings. The summed E-state index contributed by atoms with van der Waals surface area (Å²) < 4.78 is 34.3. The fraction of sp³-hybridized carbons (Fsp3) is 0.280. The molecular weight excluding hydrogens is 564 g/mol. The number of halogens is 3. The molecule has 0 radical (unpaired) electrons. The van der Waals surface area contributed by atoms with Crippen LogP contribution in [-0.4, -0.2) is 65.2 Å². The Labute approximate surface area is 226 Å². The molecule has 0 aliphatic rings. The van der Waals surface area contributed by atoms with Gasteiger partial charge in [-0.3, -0.25) is 10.1 Å².